The standard InChI is InChI=1S/C16H22N2O2/c1-11(2)15-10-17(16(19)18(15)13-4-5-13)12-6-8-14(20-3)9-7-12/h6-9,11,13,15H,4-5,10H2,1-3H3. The molecule has 1 aromatic rings. The molecule has 4 nitrogen and oxygen atoms in total. The number of amides is 2. The van der Waals surface area contributed by atoms with Gasteiger partial charge in [-0.1, -0.05) is 13.8 Å². The van der Waals surface area contributed by atoms with E-state index < -0.39 is 0 Å². The maximum atomic E-state index is 12.7. The van der Waals surface area contributed by atoms with E-state index in [2.05, 4.69) is 18.7 Å². The number of nitrogens with zero attached hydrogens (tertiary/aromatic N) is 2. The maximum Gasteiger partial charge on any atom is 0.325 e. The highest BCUT2D eigenvalue weighted by Crippen LogP contribution is 2.37. The second-order valence-corrected chi connectivity index (χ2v) is 6.04. The van der Waals surface area contributed by atoms with E-state index in [1.54, 1.807) is 7.11 Å². The molecule has 3 rings (SSSR count). The van der Waals surface area contributed by atoms with Crippen LogP contribution in [0.15, 0.2) is 24.3 Å². The topological polar surface area (TPSA) is 32.8 Å². The highest BCUT2D eigenvalue weighted by molar-refractivity contribution is 5.95. The quantitative estimate of drug-likeness (QED) is 0.845. The van der Waals surface area contributed by atoms with E-state index in [0.29, 0.717) is 18.0 Å². The first-order valence-corrected chi connectivity index (χ1v) is 7.35. The molecule has 1 heterocycles. The molecule has 0 N–H and O–H groups in total. The summed E-state index contributed by atoms with van der Waals surface area (Å²) in [5.74, 6) is 1.31. The molecule has 0 bridgehead atoms. The van der Waals surface area contributed by atoms with Gasteiger partial charge in [0.1, 0.15) is 5.75 Å². The van der Waals surface area contributed by atoms with Gasteiger partial charge in [-0.3, -0.25) is 4.90 Å². The van der Waals surface area contributed by atoms with E-state index in [1.165, 1.54) is 0 Å². The van der Waals surface area contributed by atoms with Gasteiger partial charge in [0, 0.05) is 18.3 Å². The summed E-state index contributed by atoms with van der Waals surface area (Å²) in [6.45, 7) is 5.19. The summed E-state index contributed by atoms with van der Waals surface area (Å²) in [5, 5.41) is 0. The molecule has 2 amide bonds. The van der Waals surface area contributed by atoms with Crippen molar-refractivity contribution in [1.29, 1.82) is 0 Å². The third-order valence-corrected chi connectivity index (χ3v) is 4.27. The number of hydrogen-bond acceptors (Lipinski definition) is 2. The predicted molar refractivity (Wildman–Crippen MR) is 79.2 cm³/mol. The Labute approximate surface area is 120 Å². The number of benzene rings is 1. The number of ether oxygens (including phenoxy) is 1. The number of hydrogen-bond donors (Lipinski definition) is 0. The summed E-state index contributed by atoms with van der Waals surface area (Å²) >= 11 is 0. The minimum atomic E-state index is 0.163. The summed E-state index contributed by atoms with van der Waals surface area (Å²) < 4.78 is 5.17. The molecule has 1 aromatic carbocycles. The molecule has 4 heteroatoms. The highest BCUT2D eigenvalue weighted by atomic mass is 16.5. The van der Waals surface area contributed by atoms with E-state index in [-0.39, 0.29) is 6.03 Å². The van der Waals surface area contributed by atoms with Crippen molar-refractivity contribution >= 4 is 11.7 Å². The van der Waals surface area contributed by atoms with Crippen LogP contribution in [0.4, 0.5) is 10.5 Å². The number of methoxy groups -OCH3 is 1. The Balaban J connectivity index is 1.84. The second-order valence-electron chi connectivity index (χ2n) is 6.04. The molecule has 1 unspecified atom stereocenters. The summed E-state index contributed by atoms with van der Waals surface area (Å²) in [6, 6.07) is 8.71. The highest BCUT2D eigenvalue weighted by Gasteiger charge is 2.46. The van der Waals surface area contributed by atoms with Crippen LogP contribution in [0, 0.1) is 5.92 Å². The molecule has 20 heavy (non-hydrogen) atoms. The van der Waals surface area contributed by atoms with Crippen molar-refractivity contribution in [3.8, 4) is 5.75 Å². The van der Waals surface area contributed by atoms with Gasteiger partial charge in [0.05, 0.1) is 13.2 Å². The molecule has 1 saturated carbocycles. The fourth-order valence-corrected chi connectivity index (χ4v) is 2.92. The van der Waals surface area contributed by atoms with Gasteiger partial charge in [-0.2, -0.15) is 0 Å². The second kappa shape index (κ2) is 5.00. The smallest absolute Gasteiger partial charge is 0.325 e. The summed E-state index contributed by atoms with van der Waals surface area (Å²) in [7, 11) is 1.65. The van der Waals surface area contributed by atoms with Crippen molar-refractivity contribution in [1.82, 2.24) is 4.90 Å². The normalized spacial score (nSPS) is 22.8. The van der Waals surface area contributed by atoms with E-state index in [4.69, 9.17) is 4.74 Å². The fraction of sp³-hybridized carbons (Fsp3) is 0.562. The summed E-state index contributed by atoms with van der Waals surface area (Å²) in [4.78, 5) is 16.7. The molecule has 0 aromatic heterocycles. The number of carbonyl (C=O) groups is 1. The van der Waals surface area contributed by atoms with E-state index in [9.17, 15) is 4.79 Å². The zero-order valence-electron chi connectivity index (χ0n) is 12.4. The lowest BCUT2D eigenvalue weighted by Crippen LogP contribution is -2.39. The van der Waals surface area contributed by atoms with Crippen LogP contribution in [0.5, 0.6) is 5.75 Å². The SMILES string of the molecule is COc1ccc(N2CC(C(C)C)N(C3CC3)C2=O)cc1. The lowest BCUT2D eigenvalue weighted by molar-refractivity contribution is 0.187. The number of rotatable bonds is 4. The third-order valence-electron chi connectivity index (χ3n) is 4.27. The monoisotopic (exact) mass is 274 g/mol. The summed E-state index contributed by atoms with van der Waals surface area (Å²) in [6.07, 6.45) is 2.32. The lowest BCUT2D eigenvalue weighted by atomic mass is 10.0. The van der Waals surface area contributed by atoms with Crippen LogP contribution in [-0.2, 0) is 0 Å². The molecule has 1 saturated heterocycles. The molecule has 1 atom stereocenters. The van der Waals surface area contributed by atoms with Crippen LogP contribution in [0.2, 0.25) is 0 Å². The average Bonchev–Trinajstić information content (AvgIpc) is 3.22. The molecule has 0 spiro atoms. The molecule has 2 fully saturated rings. The van der Waals surface area contributed by atoms with Crippen molar-refractivity contribution in [2.45, 2.75) is 38.8 Å². The van der Waals surface area contributed by atoms with Gasteiger partial charge in [0.2, 0.25) is 0 Å². The van der Waals surface area contributed by atoms with Crippen molar-refractivity contribution in [2.24, 2.45) is 5.92 Å². The van der Waals surface area contributed by atoms with Gasteiger partial charge in [-0.25, -0.2) is 4.79 Å². The number of anilines is 1. The molecular formula is C16H22N2O2. The minimum Gasteiger partial charge on any atom is -0.497 e. The zero-order chi connectivity index (χ0) is 14.3. The van der Waals surface area contributed by atoms with Gasteiger partial charge in [-0.05, 0) is 43.0 Å². The molecule has 1 aliphatic heterocycles. The van der Waals surface area contributed by atoms with Crippen molar-refractivity contribution < 1.29 is 9.53 Å². The fourth-order valence-electron chi connectivity index (χ4n) is 2.92. The van der Waals surface area contributed by atoms with Crippen molar-refractivity contribution in [3.05, 3.63) is 24.3 Å². The minimum absolute atomic E-state index is 0.163. The zero-order valence-corrected chi connectivity index (χ0v) is 12.4. The van der Waals surface area contributed by atoms with Crippen molar-refractivity contribution in [2.75, 3.05) is 18.6 Å². The Morgan fingerprint density at radius 1 is 1.20 bits per heavy atom. The van der Waals surface area contributed by atoms with Crippen LogP contribution in [0.3, 0.4) is 0 Å². The first kappa shape index (κ1) is 13.3. The van der Waals surface area contributed by atoms with E-state index in [1.807, 2.05) is 29.2 Å². The number of carbonyl (C=O) groups excluding carboxylic acids is 1. The Bertz CT molecular complexity index is 494. The largest absolute Gasteiger partial charge is 0.497 e. The van der Waals surface area contributed by atoms with Gasteiger partial charge >= 0.3 is 6.03 Å². The Morgan fingerprint density at radius 2 is 1.85 bits per heavy atom. The molecular weight excluding hydrogens is 252 g/mol. The molecule has 108 valence electrons. The van der Waals surface area contributed by atoms with Gasteiger partial charge in [0.25, 0.3) is 0 Å². The van der Waals surface area contributed by atoms with Crippen LogP contribution < -0.4 is 9.64 Å². The predicted octanol–water partition coefficient (Wildman–Crippen LogP) is 3.12. The van der Waals surface area contributed by atoms with Crippen LogP contribution in [-0.4, -0.2) is 36.7 Å². The maximum absolute atomic E-state index is 12.7. The van der Waals surface area contributed by atoms with Gasteiger partial charge in [0.15, 0.2) is 0 Å². The Hall–Kier alpha value is -1.71. The first-order chi connectivity index (χ1) is 9.61. The lowest BCUT2D eigenvalue weighted by Gasteiger charge is -2.25. The first-order valence-electron chi connectivity index (χ1n) is 7.35. The van der Waals surface area contributed by atoms with Gasteiger partial charge in [-0.15, -0.1) is 0 Å². The van der Waals surface area contributed by atoms with E-state index in [0.717, 1.165) is 30.8 Å². The number of urea groups is 1. The van der Waals surface area contributed by atoms with E-state index >= 15 is 0 Å². The van der Waals surface area contributed by atoms with Crippen LogP contribution >= 0.6 is 0 Å². The van der Waals surface area contributed by atoms with Crippen LogP contribution in [0.25, 0.3) is 0 Å². The molecule has 2 aliphatic rings. The van der Waals surface area contributed by atoms with Crippen LogP contribution in [0.1, 0.15) is 26.7 Å². The van der Waals surface area contributed by atoms with Crippen molar-refractivity contribution in [3.63, 3.8) is 0 Å². The van der Waals surface area contributed by atoms with Gasteiger partial charge < -0.3 is 9.64 Å². The summed E-state index contributed by atoms with van der Waals surface area (Å²) in [5.41, 5.74) is 0.963. The molecule has 1 aliphatic carbocycles. The Kier molecular flexibility index (Phi) is 3.32. The third kappa shape index (κ3) is 2.23. The average molecular weight is 274 g/mol. The Morgan fingerprint density at radius 3 is 2.35 bits per heavy atom. The molecule has 0 radical (unpaired) electrons.